The lowest BCUT2D eigenvalue weighted by Crippen LogP contribution is -2.45. The minimum absolute atomic E-state index is 0.242. The molecule has 1 fully saturated rings. The number of hydrogen-bond acceptors (Lipinski definition) is 1. The maximum Gasteiger partial charge on any atom is 0.236 e. The van der Waals surface area contributed by atoms with Crippen LogP contribution in [-0.2, 0) is 0 Å². The van der Waals surface area contributed by atoms with Crippen LogP contribution >= 0.6 is 0 Å². The highest BCUT2D eigenvalue weighted by molar-refractivity contribution is 5.29. The summed E-state index contributed by atoms with van der Waals surface area (Å²) < 4.78 is 0. The second-order valence-electron chi connectivity index (χ2n) is 6.95. The van der Waals surface area contributed by atoms with Gasteiger partial charge in [0.15, 0.2) is 0 Å². The molecule has 0 bridgehead atoms. The molecule has 0 aromatic carbocycles. The van der Waals surface area contributed by atoms with Gasteiger partial charge in [-0.15, -0.1) is 0 Å². The average molecular weight is 247 g/mol. The van der Waals surface area contributed by atoms with Gasteiger partial charge in [0.2, 0.25) is 5.54 Å². The monoisotopic (exact) mass is 247 g/mol. The van der Waals surface area contributed by atoms with Crippen molar-refractivity contribution in [3.63, 3.8) is 0 Å². The Hall–Kier alpha value is -0.810. The van der Waals surface area contributed by atoms with E-state index in [-0.39, 0.29) is 5.54 Å². The lowest BCUT2D eigenvalue weighted by molar-refractivity contribution is 0.0680. The molecule has 18 heavy (non-hydrogen) atoms. The van der Waals surface area contributed by atoms with Gasteiger partial charge in [-0.2, -0.15) is 0 Å². The quantitative estimate of drug-likeness (QED) is 0.553. The van der Waals surface area contributed by atoms with Crippen molar-refractivity contribution in [2.75, 3.05) is 0 Å². The van der Waals surface area contributed by atoms with E-state index in [1.54, 1.807) is 0 Å². The number of rotatable bonds is 1. The third-order valence-corrected chi connectivity index (χ3v) is 5.02. The zero-order chi connectivity index (χ0) is 13.6. The minimum Gasteiger partial charge on any atom is -0.386 e. The standard InChI is InChI=1S/C16H25NO/c1-11(2)12-6-9-16(4,17-5)14-7-8-15(3,18)10-13(12)14/h10-12,14,18H,6-9H2,1-4H3/t12-,14+,15+,16+/m0/s1. The molecule has 0 spiro atoms. The summed E-state index contributed by atoms with van der Waals surface area (Å²) >= 11 is 0. The molecule has 100 valence electrons. The van der Waals surface area contributed by atoms with E-state index in [4.69, 9.17) is 6.57 Å². The molecular formula is C16H25NO. The highest BCUT2D eigenvalue weighted by Gasteiger charge is 2.51. The van der Waals surface area contributed by atoms with Crippen molar-refractivity contribution in [1.29, 1.82) is 0 Å². The first-order chi connectivity index (χ1) is 8.29. The van der Waals surface area contributed by atoms with Crippen molar-refractivity contribution in [1.82, 2.24) is 0 Å². The highest BCUT2D eigenvalue weighted by Crippen LogP contribution is 2.51. The summed E-state index contributed by atoms with van der Waals surface area (Å²) in [6.45, 7) is 16.0. The fraction of sp³-hybridized carbons (Fsp3) is 0.812. The molecule has 0 unspecified atom stereocenters. The number of nitrogens with zero attached hydrogens (tertiary/aromatic N) is 1. The topological polar surface area (TPSA) is 24.6 Å². The Balaban J connectivity index is 2.42. The van der Waals surface area contributed by atoms with Crippen LogP contribution in [0.15, 0.2) is 11.6 Å². The molecule has 1 saturated carbocycles. The maximum absolute atomic E-state index is 10.3. The maximum atomic E-state index is 10.3. The van der Waals surface area contributed by atoms with Crippen LogP contribution in [0.4, 0.5) is 0 Å². The average Bonchev–Trinajstić information content (AvgIpc) is 2.27. The zero-order valence-corrected chi connectivity index (χ0v) is 12.0. The normalized spacial score (nSPS) is 44.2. The molecule has 0 radical (unpaired) electrons. The van der Waals surface area contributed by atoms with E-state index in [0.717, 1.165) is 25.7 Å². The molecule has 0 aliphatic heterocycles. The number of fused-ring (bicyclic) bond motifs is 1. The van der Waals surface area contributed by atoms with Crippen molar-refractivity contribution in [2.45, 2.75) is 64.5 Å². The summed E-state index contributed by atoms with van der Waals surface area (Å²) in [6, 6.07) is 0. The molecule has 2 aliphatic rings. The first kappa shape index (κ1) is 13.6. The summed E-state index contributed by atoms with van der Waals surface area (Å²) in [5.41, 5.74) is 0.457. The Labute approximate surface area is 111 Å². The van der Waals surface area contributed by atoms with E-state index in [1.165, 1.54) is 5.57 Å². The van der Waals surface area contributed by atoms with Crippen molar-refractivity contribution >= 4 is 0 Å². The van der Waals surface area contributed by atoms with Gasteiger partial charge in [0, 0.05) is 13.3 Å². The summed E-state index contributed by atoms with van der Waals surface area (Å²) in [5.74, 6) is 1.51. The van der Waals surface area contributed by atoms with Crippen molar-refractivity contribution in [3.8, 4) is 0 Å². The third-order valence-electron chi connectivity index (χ3n) is 5.02. The fourth-order valence-electron chi connectivity index (χ4n) is 3.81. The largest absolute Gasteiger partial charge is 0.386 e. The smallest absolute Gasteiger partial charge is 0.236 e. The van der Waals surface area contributed by atoms with E-state index in [1.807, 2.05) is 6.92 Å². The van der Waals surface area contributed by atoms with Crippen LogP contribution in [0.5, 0.6) is 0 Å². The fourth-order valence-corrected chi connectivity index (χ4v) is 3.81. The van der Waals surface area contributed by atoms with Gasteiger partial charge in [-0.1, -0.05) is 25.5 Å². The Morgan fingerprint density at radius 2 is 2.00 bits per heavy atom. The highest BCUT2D eigenvalue weighted by atomic mass is 16.3. The first-order valence-corrected chi connectivity index (χ1v) is 7.13. The van der Waals surface area contributed by atoms with Crippen molar-refractivity contribution in [3.05, 3.63) is 23.1 Å². The summed E-state index contributed by atoms with van der Waals surface area (Å²) in [4.78, 5) is 3.93. The zero-order valence-electron chi connectivity index (χ0n) is 12.0. The van der Waals surface area contributed by atoms with Crippen LogP contribution in [0.25, 0.3) is 4.85 Å². The predicted octanol–water partition coefficient (Wildman–Crippen LogP) is 3.82. The van der Waals surface area contributed by atoms with Gasteiger partial charge in [0.1, 0.15) is 0 Å². The molecule has 2 nitrogen and oxygen atoms in total. The van der Waals surface area contributed by atoms with Crippen LogP contribution in [0.3, 0.4) is 0 Å². The molecule has 0 amide bonds. The molecule has 2 rings (SSSR count). The molecule has 0 aromatic rings. The van der Waals surface area contributed by atoms with Gasteiger partial charge in [0.05, 0.1) is 11.5 Å². The first-order valence-electron chi connectivity index (χ1n) is 7.13. The van der Waals surface area contributed by atoms with Crippen molar-refractivity contribution in [2.24, 2.45) is 17.8 Å². The number of aliphatic hydroxyl groups is 1. The molecule has 0 aromatic heterocycles. The van der Waals surface area contributed by atoms with Crippen LogP contribution in [-0.4, -0.2) is 16.2 Å². The Kier molecular flexibility index (Phi) is 3.32. The van der Waals surface area contributed by atoms with E-state index in [9.17, 15) is 5.11 Å². The van der Waals surface area contributed by atoms with E-state index < -0.39 is 5.60 Å². The summed E-state index contributed by atoms with van der Waals surface area (Å²) in [6.07, 6.45) is 5.92. The second kappa shape index (κ2) is 4.38. The molecule has 0 heterocycles. The summed E-state index contributed by atoms with van der Waals surface area (Å²) in [7, 11) is 0. The van der Waals surface area contributed by atoms with Gasteiger partial charge in [-0.3, -0.25) is 0 Å². The SMILES string of the molecule is [C-]#[N+][C@]1(C)CC[C@@H](C(C)C)C2=C[C@](C)(O)CC[C@H]21. The third kappa shape index (κ3) is 2.21. The van der Waals surface area contributed by atoms with Crippen LogP contribution < -0.4 is 0 Å². The predicted molar refractivity (Wildman–Crippen MR) is 74.0 cm³/mol. The molecule has 2 aliphatic carbocycles. The Bertz CT molecular complexity index is 402. The van der Waals surface area contributed by atoms with Gasteiger partial charge < -0.3 is 9.95 Å². The van der Waals surface area contributed by atoms with Gasteiger partial charge in [-0.05, 0) is 38.0 Å². The molecule has 2 heteroatoms. The molecule has 0 saturated heterocycles. The van der Waals surface area contributed by atoms with E-state index >= 15 is 0 Å². The Morgan fingerprint density at radius 1 is 1.33 bits per heavy atom. The minimum atomic E-state index is -0.667. The lowest BCUT2D eigenvalue weighted by atomic mass is 9.59. The van der Waals surface area contributed by atoms with Gasteiger partial charge in [-0.25, -0.2) is 6.57 Å². The molecule has 1 N–H and O–H groups in total. The lowest BCUT2D eigenvalue weighted by Gasteiger charge is -2.45. The van der Waals surface area contributed by atoms with Crippen LogP contribution in [0.1, 0.15) is 53.4 Å². The van der Waals surface area contributed by atoms with E-state index in [0.29, 0.717) is 17.8 Å². The molecule has 4 atom stereocenters. The van der Waals surface area contributed by atoms with Crippen LogP contribution in [0.2, 0.25) is 0 Å². The second-order valence-corrected chi connectivity index (χ2v) is 6.95. The summed E-state index contributed by atoms with van der Waals surface area (Å²) in [5, 5.41) is 10.3. The van der Waals surface area contributed by atoms with Crippen molar-refractivity contribution < 1.29 is 5.11 Å². The van der Waals surface area contributed by atoms with Gasteiger partial charge >= 0.3 is 0 Å². The van der Waals surface area contributed by atoms with Crippen LogP contribution in [0, 0.1) is 24.3 Å². The van der Waals surface area contributed by atoms with E-state index in [2.05, 4.69) is 31.7 Å². The van der Waals surface area contributed by atoms with Gasteiger partial charge in [0.25, 0.3) is 0 Å². The molecular weight excluding hydrogens is 222 g/mol. The number of hydrogen-bond donors (Lipinski definition) is 1. The Morgan fingerprint density at radius 3 is 2.56 bits per heavy atom.